The minimum Gasteiger partial charge on any atom is -0.349 e. The van der Waals surface area contributed by atoms with Gasteiger partial charge in [0.25, 0.3) is 5.91 Å². The molecule has 1 heterocycles. The summed E-state index contributed by atoms with van der Waals surface area (Å²) in [5.74, 6) is -0.166. The van der Waals surface area contributed by atoms with E-state index in [2.05, 4.69) is 34.4 Å². The molecule has 5 nitrogen and oxygen atoms in total. The topological polar surface area (TPSA) is 57.3 Å². The number of nitrogens with one attached hydrogen (secondary N) is 2. The lowest BCUT2D eigenvalue weighted by Gasteiger charge is -2.17. The van der Waals surface area contributed by atoms with Gasteiger partial charge in [0, 0.05) is 24.2 Å². The molecular weight excluding hydrogens is 367 g/mol. The predicted molar refractivity (Wildman–Crippen MR) is 102 cm³/mol. The first-order valence-corrected chi connectivity index (χ1v) is 9.35. The predicted octanol–water partition coefficient (Wildman–Crippen LogP) is 4.27. The van der Waals surface area contributed by atoms with Gasteiger partial charge in [0.15, 0.2) is 5.13 Å². The number of carbonyl (C=O) groups excluding carboxylic acids is 1. The van der Waals surface area contributed by atoms with E-state index in [0.717, 1.165) is 25.3 Å². The van der Waals surface area contributed by atoms with Crippen molar-refractivity contribution < 1.29 is 4.79 Å². The van der Waals surface area contributed by atoms with Gasteiger partial charge in [-0.05, 0) is 31.3 Å². The van der Waals surface area contributed by atoms with Crippen molar-refractivity contribution in [3.8, 4) is 0 Å². The summed E-state index contributed by atoms with van der Waals surface area (Å²) in [5, 5.41) is 9.32. The maximum absolute atomic E-state index is 12.1. The van der Waals surface area contributed by atoms with Crippen LogP contribution in [-0.4, -0.2) is 42.0 Å². The highest BCUT2D eigenvalue weighted by molar-refractivity contribution is 7.14. The number of benzene rings is 1. The van der Waals surface area contributed by atoms with Crippen LogP contribution < -0.4 is 10.6 Å². The van der Waals surface area contributed by atoms with Crippen LogP contribution >= 0.6 is 34.5 Å². The molecule has 2 aromatic rings. The number of hydrogen-bond acceptors (Lipinski definition) is 5. The van der Waals surface area contributed by atoms with Crippen LogP contribution in [-0.2, 0) is 0 Å². The van der Waals surface area contributed by atoms with Gasteiger partial charge >= 0.3 is 0 Å². The van der Waals surface area contributed by atoms with Crippen LogP contribution in [0.4, 0.5) is 10.8 Å². The Hall–Kier alpha value is -1.34. The van der Waals surface area contributed by atoms with Crippen molar-refractivity contribution in [2.75, 3.05) is 31.5 Å². The third kappa shape index (κ3) is 5.34. The summed E-state index contributed by atoms with van der Waals surface area (Å²) in [6, 6.07) is 5.23. The van der Waals surface area contributed by atoms with E-state index in [1.807, 2.05) is 0 Å². The van der Waals surface area contributed by atoms with Crippen molar-refractivity contribution in [1.29, 1.82) is 0 Å². The molecule has 130 valence electrons. The number of halogens is 2. The van der Waals surface area contributed by atoms with Crippen LogP contribution in [0.2, 0.25) is 10.0 Å². The van der Waals surface area contributed by atoms with Crippen molar-refractivity contribution in [2.24, 2.45) is 0 Å². The molecular formula is C16H20Cl2N4OS. The standard InChI is InChI=1S/C16H20Cl2N4OS/c1-3-22(4-2)8-7-19-15(23)14-10-24-16(21-14)20-11-5-6-12(17)13(18)9-11/h5-6,9-10H,3-4,7-8H2,1-2H3,(H,19,23)(H,20,21). The van der Waals surface area contributed by atoms with Crippen LogP contribution in [0.3, 0.4) is 0 Å². The van der Waals surface area contributed by atoms with Gasteiger partial charge in [-0.15, -0.1) is 11.3 Å². The molecule has 0 radical (unpaired) electrons. The highest BCUT2D eigenvalue weighted by atomic mass is 35.5. The lowest BCUT2D eigenvalue weighted by atomic mass is 10.3. The monoisotopic (exact) mass is 386 g/mol. The Kier molecular flexibility index (Phi) is 7.30. The molecule has 0 saturated heterocycles. The molecule has 1 aromatic carbocycles. The van der Waals surface area contributed by atoms with Crippen molar-refractivity contribution in [2.45, 2.75) is 13.8 Å². The van der Waals surface area contributed by atoms with Gasteiger partial charge in [0.2, 0.25) is 0 Å². The van der Waals surface area contributed by atoms with Crippen LogP contribution in [0.25, 0.3) is 0 Å². The average molecular weight is 387 g/mol. The van der Waals surface area contributed by atoms with E-state index in [9.17, 15) is 4.79 Å². The largest absolute Gasteiger partial charge is 0.349 e. The summed E-state index contributed by atoms with van der Waals surface area (Å²) in [6.45, 7) is 7.59. The Labute approximate surface area is 156 Å². The van der Waals surface area contributed by atoms with Gasteiger partial charge in [-0.25, -0.2) is 4.98 Å². The third-order valence-corrected chi connectivity index (χ3v) is 5.01. The van der Waals surface area contributed by atoms with Crippen molar-refractivity contribution >= 4 is 51.3 Å². The number of carbonyl (C=O) groups is 1. The van der Waals surface area contributed by atoms with E-state index in [4.69, 9.17) is 23.2 Å². The van der Waals surface area contributed by atoms with Crippen LogP contribution in [0.15, 0.2) is 23.6 Å². The number of nitrogens with zero attached hydrogens (tertiary/aromatic N) is 2. The van der Waals surface area contributed by atoms with Gasteiger partial charge in [-0.1, -0.05) is 37.0 Å². The van der Waals surface area contributed by atoms with E-state index in [0.29, 0.717) is 27.4 Å². The highest BCUT2D eigenvalue weighted by Crippen LogP contribution is 2.28. The average Bonchev–Trinajstić information content (AvgIpc) is 3.03. The van der Waals surface area contributed by atoms with Gasteiger partial charge in [0.1, 0.15) is 5.69 Å². The van der Waals surface area contributed by atoms with Crippen LogP contribution in [0, 0.1) is 0 Å². The van der Waals surface area contributed by atoms with Gasteiger partial charge in [-0.2, -0.15) is 0 Å². The summed E-state index contributed by atoms with van der Waals surface area (Å²) in [5.41, 5.74) is 1.18. The molecule has 1 amide bonds. The van der Waals surface area contributed by atoms with E-state index in [1.54, 1.807) is 23.6 Å². The molecule has 0 aliphatic heterocycles. The van der Waals surface area contributed by atoms with Gasteiger partial charge in [-0.3, -0.25) is 4.79 Å². The SMILES string of the molecule is CCN(CC)CCNC(=O)c1csc(Nc2ccc(Cl)c(Cl)c2)n1. The number of amides is 1. The molecule has 0 bridgehead atoms. The molecule has 2 N–H and O–H groups in total. The first kappa shape index (κ1) is 19.0. The Bertz CT molecular complexity index is 688. The number of anilines is 2. The lowest BCUT2D eigenvalue weighted by Crippen LogP contribution is -2.34. The minimum atomic E-state index is -0.166. The number of rotatable bonds is 8. The highest BCUT2D eigenvalue weighted by Gasteiger charge is 2.11. The fourth-order valence-corrected chi connectivity index (χ4v) is 3.10. The second-order valence-electron chi connectivity index (χ2n) is 5.07. The summed E-state index contributed by atoms with van der Waals surface area (Å²) in [7, 11) is 0. The Morgan fingerprint density at radius 1 is 1.25 bits per heavy atom. The lowest BCUT2D eigenvalue weighted by molar-refractivity contribution is 0.0944. The first-order valence-electron chi connectivity index (χ1n) is 7.71. The van der Waals surface area contributed by atoms with Crippen molar-refractivity contribution in [3.63, 3.8) is 0 Å². The smallest absolute Gasteiger partial charge is 0.270 e. The first-order chi connectivity index (χ1) is 11.5. The molecule has 0 aliphatic carbocycles. The molecule has 0 fully saturated rings. The quantitative estimate of drug-likeness (QED) is 0.711. The Morgan fingerprint density at radius 2 is 2.00 bits per heavy atom. The number of aromatic nitrogens is 1. The van der Waals surface area contributed by atoms with E-state index < -0.39 is 0 Å². The van der Waals surface area contributed by atoms with Crippen molar-refractivity contribution in [1.82, 2.24) is 15.2 Å². The van der Waals surface area contributed by atoms with E-state index in [-0.39, 0.29) is 5.91 Å². The molecule has 8 heteroatoms. The molecule has 2 rings (SSSR count). The number of likely N-dealkylation sites (N-methyl/N-ethyl adjacent to an activating group) is 1. The zero-order chi connectivity index (χ0) is 17.5. The number of thiazole rings is 1. The second kappa shape index (κ2) is 9.22. The minimum absolute atomic E-state index is 0.166. The molecule has 24 heavy (non-hydrogen) atoms. The second-order valence-corrected chi connectivity index (χ2v) is 6.75. The fraction of sp³-hybridized carbons (Fsp3) is 0.375. The maximum Gasteiger partial charge on any atom is 0.270 e. The molecule has 0 aliphatic rings. The normalized spacial score (nSPS) is 10.9. The number of hydrogen-bond donors (Lipinski definition) is 2. The van der Waals surface area contributed by atoms with Gasteiger partial charge < -0.3 is 15.5 Å². The summed E-state index contributed by atoms with van der Waals surface area (Å²) in [4.78, 5) is 18.7. The van der Waals surface area contributed by atoms with Crippen molar-refractivity contribution in [3.05, 3.63) is 39.3 Å². The third-order valence-electron chi connectivity index (χ3n) is 3.52. The van der Waals surface area contributed by atoms with Crippen LogP contribution in [0.5, 0.6) is 0 Å². The van der Waals surface area contributed by atoms with E-state index >= 15 is 0 Å². The molecule has 1 aromatic heterocycles. The Balaban J connectivity index is 1.89. The van der Waals surface area contributed by atoms with E-state index in [1.165, 1.54) is 11.3 Å². The molecule has 0 saturated carbocycles. The summed E-state index contributed by atoms with van der Waals surface area (Å²) in [6.07, 6.45) is 0. The molecule has 0 spiro atoms. The summed E-state index contributed by atoms with van der Waals surface area (Å²) >= 11 is 13.2. The molecule has 0 unspecified atom stereocenters. The zero-order valence-electron chi connectivity index (χ0n) is 13.6. The summed E-state index contributed by atoms with van der Waals surface area (Å²) < 4.78 is 0. The Morgan fingerprint density at radius 3 is 2.67 bits per heavy atom. The maximum atomic E-state index is 12.1. The fourth-order valence-electron chi connectivity index (χ4n) is 2.09. The zero-order valence-corrected chi connectivity index (χ0v) is 15.9. The van der Waals surface area contributed by atoms with Crippen LogP contribution in [0.1, 0.15) is 24.3 Å². The molecule has 0 atom stereocenters. The van der Waals surface area contributed by atoms with Gasteiger partial charge in [0.05, 0.1) is 10.0 Å².